The van der Waals surface area contributed by atoms with Crippen LogP contribution in [-0.4, -0.2) is 17.5 Å². The Balaban J connectivity index is 1.51. The number of halogens is 2. The van der Waals surface area contributed by atoms with E-state index in [4.69, 9.17) is 4.74 Å². The number of ether oxygens (including phenoxy) is 1. The van der Waals surface area contributed by atoms with E-state index in [1.54, 1.807) is 6.20 Å². The summed E-state index contributed by atoms with van der Waals surface area (Å²) in [7, 11) is 0. The summed E-state index contributed by atoms with van der Waals surface area (Å²) in [6.45, 7) is -0.112. The first-order valence-corrected chi connectivity index (χ1v) is 9.84. The van der Waals surface area contributed by atoms with Gasteiger partial charge in [0, 0.05) is 21.7 Å². The second-order valence-electron chi connectivity index (χ2n) is 5.97. The predicted octanol–water partition coefficient (Wildman–Crippen LogP) is 5.93. The van der Waals surface area contributed by atoms with Crippen molar-refractivity contribution in [2.75, 3.05) is 11.9 Å². The molecule has 0 fully saturated rings. The van der Waals surface area contributed by atoms with Crippen molar-refractivity contribution in [2.24, 2.45) is 0 Å². The van der Waals surface area contributed by atoms with Crippen molar-refractivity contribution >= 4 is 65.1 Å². The summed E-state index contributed by atoms with van der Waals surface area (Å²) in [5.41, 5.74) is 1.43. The zero-order chi connectivity index (χ0) is 18.8. The van der Waals surface area contributed by atoms with Crippen molar-refractivity contribution in [1.29, 1.82) is 0 Å². The summed E-state index contributed by atoms with van der Waals surface area (Å²) in [6, 6.07) is 19.5. The Kier molecular flexibility index (Phi) is 5.09. The average Bonchev–Trinajstić information content (AvgIpc) is 2.68. The third-order valence-electron chi connectivity index (χ3n) is 4.13. The van der Waals surface area contributed by atoms with Gasteiger partial charge in [0.05, 0.1) is 4.47 Å². The molecule has 0 aliphatic heterocycles. The summed E-state index contributed by atoms with van der Waals surface area (Å²) in [5.74, 6) is 0.312. The lowest BCUT2D eigenvalue weighted by atomic mass is 10.1. The van der Waals surface area contributed by atoms with Crippen LogP contribution in [0.2, 0.25) is 0 Å². The number of carbonyl (C=O) groups is 1. The normalized spacial score (nSPS) is 10.9. The van der Waals surface area contributed by atoms with Crippen LogP contribution in [0.25, 0.3) is 21.7 Å². The topological polar surface area (TPSA) is 51.2 Å². The number of aromatic nitrogens is 1. The summed E-state index contributed by atoms with van der Waals surface area (Å²) in [5, 5.41) is 6.00. The molecule has 0 saturated heterocycles. The maximum atomic E-state index is 12.4. The van der Waals surface area contributed by atoms with Gasteiger partial charge in [-0.25, -0.2) is 0 Å². The number of rotatable bonds is 4. The predicted molar refractivity (Wildman–Crippen MR) is 115 cm³/mol. The first kappa shape index (κ1) is 17.9. The Hall–Kier alpha value is -2.44. The number of pyridine rings is 1. The van der Waals surface area contributed by atoms with E-state index in [9.17, 15) is 4.79 Å². The molecule has 1 aromatic heterocycles. The number of anilines is 1. The Bertz CT molecular complexity index is 1160. The molecule has 6 heteroatoms. The minimum Gasteiger partial charge on any atom is -0.480 e. The molecule has 0 bridgehead atoms. The number of carbonyl (C=O) groups excluding carboxylic acids is 1. The van der Waals surface area contributed by atoms with Gasteiger partial charge in [-0.1, -0.05) is 52.3 Å². The maximum Gasteiger partial charge on any atom is 0.262 e. The van der Waals surface area contributed by atoms with Crippen LogP contribution < -0.4 is 10.1 Å². The Labute approximate surface area is 172 Å². The van der Waals surface area contributed by atoms with Crippen molar-refractivity contribution in [3.8, 4) is 5.75 Å². The third kappa shape index (κ3) is 3.82. The van der Waals surface area contributed by atoms with Crippen LogP contribution >= 0.6 is 31.9 Å². The first-order valence-electron chi connectivity index (χ1n) is 8.26. The molecule has 4 rings (SSSR count). The number of benzene rings is 3. The lowest BCUT2D eigenvalue weighted by Gasteiger charge is -2.12. The molecular weight excluding hydrogens is 472 g/mol. The van der Waals surface area contributed by atoms with Crippen molar-refractivity contribution in [3.63, 3.8) is 0 Å². The Morgan fingerprint density at radius 3 is 2.63 bits per heavy atom. The van der Waals surface area contributed by atoms with Crippen LogP contribution in [0.3, 0.4) is 0 Å². The van der Waals surface area contributed by atoms with E-state index in [-0.39, 0.29) is 12.5 Å². The van der Waals surface area contributed by atoms with Crippen LogP contribution in [0, 0.1) is 0 Å². The molecule has 0 aliphatic rings. The van der Waals surface area contributed by atoms with Crippen LogP contribution in [0.1, 0.15) is 0 Å². The first-order chi connectivity index (χ1) is 13.1. The largest absolute Gasteiger partial charge is 0.480 e. The SMILES string of the molecule is O=C(COc1c(Br)cc(Br)c2cccnc12)Nc1ccc2ccccc2c1. The number of nitrogens with zero attached hydrogens (tertiary/aromatic N) is 1. The minimum absolute atomic E-state index is 0.112. The molecule has 3 aromatic carbocycles. The highest BCUT2D eigenvalue weighted by Gasteiger charge is 2.13. The van der Waals surface area contributed by atoms with Gasteiger partial charge in [0.15, 0.2) is 12.4 Å². The van der Waals surface area contributed by atoms with Crippen LogP contribution in [0.15, 0.2) is 75.8 Å². The van der Waals surface area contributed by atoms with Crippen molar-refractivity contribution < 1.29 is 9.53 Å². The van der Waals surface area contributed by atoms with E-state index in [1.807, 2.05) is 60.7 Å². The standard InChI is InChI=1S/C21H14Br2N2O2/c22-17-11-18(23)21(20-16(17)6-3-9-24-20)27-12-19(26)25-15-8-7-13-4-1-2-5-14(13)10-15/h1-11H,12H2,(H,25,26). The fraction of sp³-hybridized carbons (Fsp3) is 0.0476. The van der Waals surface area contributed by atoms with Gasteiger partial charge in [0.25, 0.3) is 5.91 Å². The molecule has 27 heavy (non-hydrogen) atoms. The number of fused-ring (bicyclic) bond motifs is 2. The quantitative estimate of drug-likeness (QED) is 0.389. The van der Waals surface area contributed by atoms with Gasteiger partial charge >= 0.3 is 0 Å². The van der Waals surface area contributed by atoms with Gasteiger partial charge in [-0.2, -0.15) is 0 Å². The van der Waals surface area contributed by atoms with Gasteiger partial charge in [-0.15, -0.1) is 0 Å². The molecule has 4 nitrogen and oxygen atoms in total. The Morgan fingerprint density at radius 2 is 1.78 bits per heavy atom. The van der Waals surface area contributed by atoms with E-state index in [1.165, 1.54) is 0 Å². The van der Waals surface area contributed by atoms with E-state index in [0.29, 0.717) is 11.3 Å². The molecule has 0 aliphatic carbocycles. The molecule has 0 atom stereocenters. The van der Waals surface area contributed by atoms with Gasteiger partial charge in [0.1, 0.15) is 5.52 Å². The lowest BCUT2D eigenvalue weighted by Crippen LogP contribution is -2.20. The highest BCUT2D eigenvalue weighted by Crippen LogP contribution is 2.37. The summed E-state index contributed by atoms with van der Waals surface area (Å²) in [6.07, 6.45) is 1.70. The molecular formula is C21H14Br2N2O2. The molecule has 4 aromatic rings. The number of hydrogen-bond donors (Lipinski definition) is 1. The summed E-state index contributed by atoms with van der Waals surface area (Å²) in [4.78, 5) is 16.7. The summed E-state index contributed by atoms with van der Waals surface area (Å²) < 4.78 is 7.43. The number of hydrogen-bond acceptors (Lipinski definition) is 3. The zero-order valence-corrected chi connectivity index (χ0v) is 17.2. The molecule has 0 spiro atoms. The highest BCUT2D eigenvalue weighted by molar-refractivity contribution is 9.11. The number of nitrogens with one attached hydrogen (secondary N) is 1. The monoisotopic (exact) mass is 484 g/mol. The highest BCUT2D eigenvalue weighted by atomic mass is 79.9. The second kappa shape index (κ2) is 7.66. The Morgan fingerprint density at radius 1 is 0.963 bits per heavy atom. The van der Waals surface area contributed by atoms with Crippen molar-refractivity contribution in [2.45, 2.75) is 0 Å². The minimum atomic E-state index is -0.232. The zero-order valence-electron chi connectivity index (χ0n) is 14.1. The fourth-order valence-electron chi connectivity index (χ4n) is 2.89. The molecule has 1 heterocycles. The van der Waals surface area contributed by atoms with Crippen LogP contribution in [0.4, 0.5) is 5.69 Å². The van der Waals surface area contributed by atoms with E-state index >= 15 is 0 Å². The van der Waals surface area contributed by atoms with Gasteiger partial charge in [-0.05, 0) is 51.0 Å². The molecule has 0 unspecified atom stereocenters. The number of amides is 1. The summed E-state index contributed by atoms with van der Waals surface area (Å²) >= 11 is 7.01. The van der Waals surface area contributed by atoms with E-state index in [0.717, 1.165) is 30.8 Å². The van der Waals surface area contributed by atoms with E-state index in [2.05, 4.69) is 42.2 Å². The molecule has 1 amide bonds. The van der Waals surface area contributed by atoms with Crippen LogP contribution in [0.5, 0.6) is 5.75 Å². The van der Waals surface area contributed by atoms with Crippen molar-refractivity contribution in [3.05, 3.63) is 75.8 Å². The molecule has 1 N–H and O–H groups in total. The second-order valence-corrected chi connectivity index (χ2v) is 7.68. The lowest BCUT2D eigenvalue weighted by molar-refractivity contribution is -0.118. The molecule has 134 valence electrons. The maximum absolute atomic E-state index is 12.4. The molecule has 0 saturated carbocycles. The smallest absolute Gasteiger partial charge is 0.262 e. The third-order valence-corrected chi connectivity index (χ3v) is 5.38. The van der Waals surface area contributed by atoms with Crippen molar-refractivity contribution in [1.82, 2.24) is 4.98 Å². The van der Waals surface area contributed by atoms with Crippen LogP contribution in [-0.2, 0) is 4.79 Å². The average molecular weight is 486 g/mol. The molecule has 0 radical (unpaired) electrons. The van der Waals surface area contributed by atoms with E-state index < -0.39 is 0 Å². The van der Waals surface area contributed by atoms with Gasteiger partial charge < -0.3 is 10.1 Å². The fourth-order valence-corrected chi connectivity index (χ4v) is 4.27. The van der Waals surface area contributed by atoms with Gasteiger partial charge in [0.2, 0.25) is 0 Å². The van der Waals surface area contributed by atoms with Gasteiger partial charge in [-0.3, -0.25) is 9.78 Å².